The predicted octanol–water partition coefficient (Wildman–Crippen LogP) is 3.12. The van der Waals surface area contributed by atoms with Gasteiger partial charge < -0.3 is 15.0 Å². The topological polar surface area (TPSA) is 58.6 Å². The Kier molecular flexibility index (Phi) is 6.40. The first-order valence-corrected chi connectivity index (χ1v) is 7.48. The van der Waals surface area contributed by atoms with Crippen molar-refractivity contribution in [3.05, 3.63) is 35.9 Å². The van der Waals surface area contributed by atoms with Crippen LogP contribution in [0.15, 0.2) is 30.3 Å². The van der Waals surface area contributed by atoms with Gasteiger partial charge in [0, 0.05) is 20.0 Å². The molecule has 22 heavy (non-hydrogen) atoms. The average molecular weight is 306 g/mol. The van der Waals surface area contributed by atoms with Crippen molar-refractivity contribution >= 4 is 12.0 Å². The Morgan fingerprint density at radius 2 is 1.82 bits per heavy atom. The van der Waals surface area contributed by atoms with Crippen molar-refractivity contribution in [2.75, 3.05) is 13.6 Å². The summed E-state index contributed by atoms with van der Waals surface area (Å²) in [6, 6.07) is 9.83. The average Bonchev–Trinajstić information content (AvgIpc) is 2.44. The second-order valence-corrected chi connectivity index (χ2v) is 6.27. The summed E-state index contributed by atoms with van der Waals surface area (Å²) in [6.45, 7) is 7.64. The molecular weight excluding hydrogens is 280 g/mol. The van der Waals surface area contributed by atoms with Gasteiger partial charge in [-0.15, -0.1) is 0 Å². The van der Waals surface area contributed by atoms with E-state index in [9.17, 15) is 9.59 Å². The summed E-state index contributed by atoms with van der Waals surface area (Å²) in [4.78, 5) is 25.4. The maximum Gasteiger partial charge on any atom is 0.407 e. The number of hydrogen-bond acceptors (Lipinski definition) is 3. The number of hydrogen-bond donors (Lipinski definition) is 1. The van der Waals surface area contributed by atoms with E-state index in [2.05, 4.69) is 5.32 Å². The zero-order valence-corrected chi connectivity index (χ0v) is 14.1. The minimum absolute atomic E-state index is 0.00442. The van der Waals surface area contributed by atoms with Crippen LogP contribution in [0.4, 0.5) is 4.79 Å². The predicted molar refractivity (Wildman–Crippen MR) is 86.5 cm³/mol. The quantitative estimate of drug-likeness (QED) is 0.909. The molecule has 0 saturated heterocycles. The van der Waals surface area contributed by atoms with Gasteiger partial charge in [-0.3, -0.25) is 4.79 Å². The van der Waals surface area contributed by atoms with Crippen LogP contribution >= 0.6 is 0 Å². The van der Waals surface area contributed by atoms with E-state index in [1.807, 2.05) is 37.3 Å². The largest absolute Gasteiger partial charge is 0.444 e. The monoisotopic (exact) mass is 306 g/mol. The van der Waals surface area contributed by atoms with Gasteiger partial charge in [-0.05, 0) is 33.3 Å². The van der Waals surface area contributed by atoms with E-state index in [4.69, 9.17) is 4.74 Å². The van der Waals surface area contributed by atoms with Crippen molar-refractivity contribution in [1.29, 1.82) is 0 Å². The van der Waals surface area contributed by atoms with Gasteiger partial charge in [0.15, 0.2) is 0 Å². The lowest BCUT2D eigenvalue weighted by molar-refractivity contribution is -0.131. The van der Waals surface area contributed by atoms with E-state index in [1.165, 1.54) is 0 Å². The highest BCUT2D eigenvalue weighted by Gasteiger charge is 2.18. The molecule has 0 aromatic heterocycles. The van der Waals surface area contributed by atoms with Gasteiger partial charge in [-0.2, -0.15) is 0 Å². The highest BCUT2D eigenvalue weighted by Crippen LogP contribution is 2.18. The van der Waals surface area contributed by atoms with Crippen molar-refractivity contribution < 1.29 is 14.3 Å². The van der Waals surface area contributed by atoms with Crippen LogP contribution in [-0.4, -0.2) is 36.1 Å². The van der Waals surface area contributed by atoms with E-state index in [0.29, 0.717) is 0 Å². The molecular formula is C17H26N2O3. The number of alkyl carbamates (subject to hydrolysis) is 1. The number of amides is 2. The summed E-state index contributed by atoms with van der Waals surface area (Å²) in [7, 11) is 1.77. The van der Waals surface area contributed by atoms with Crippen LogP contribution in [0.25, 0.3) is 0 Å². The van der Waals surface area contributed by atoms with E-state index in [1.54, 1.807) is 32.7 Å². The molecule has 0 heterocycles. The molecule has 0 bridgehead atoms. The summed E-state index contributed by atoms with van der Waals surface area (Å²) < 4.78 is 5.12. The summed E-state index contributed by atoms with van der Waals surface area (Å²) in [5.41, 5.74) is 0.547. The molecule has 5 heteroatoms. The van der Waals surface area contributed by atoms with E-state index < -0.39 is 11.7 Å². The Hall–Kier alpha value is -2.04. The Balaban J connectivity index is 2.40. The van der Waals surface area contributed by atoms with Crippen LogP contribution < -0.4 is 5.32 Å². The fourth-order valence-corrected chi connectivity index (χ4v) is 1.93. The van der Waals surface area contributed by atoms with Crippen LogP contribution in [0.5, 0.6) is 0 Å². The van der Waals surface area contributed by atoms with Crippen molar-refractivity contribution in [2.45, 2.75) is 45.8 Å². The lowest BCUT2D eigenvalue weighted by Gasteiger charge is -2.25. The molecule has 0 radical (unpaired) electrons. The fourth-order valence-electron chi connectivity index (χ4n) is 1.93. The number of nitrogens with one attached hydrogen (secondary N) is 1. The molecule has 0 spiro atoms. The number of rotatable bonds is 5. The molecule has 1 N–H and O–H groups in total. The standard InChI is InChI=1S/C17H26N2O3/c1-13(14-9-7-6-8-10-14)19(5)15(20)11-12-18-16(21)22-17(2,3)4/h6-10,13H,11-12H2,1-5H3,(H,18,21). The smallest absolute Gasteiger partial charge is 0.407 e. The molecule has 5 nitrogen and oxygen atoms in total. The first-order valence-electron chi connectivity index (χ1n) is 7.48. The number of carbonyl (C=O) groups is 2. The highest BCUT2D eigenvalue weighted by atomic mass is 16.6. The number of ether oxygens (including phenoxy) is 1. The van der Waals surface area contributed by atoms with Crippen LogP contribution in [0.2, 0.25) is 0 Å². The summed E-state index contributed by atoms with van der Waals surface area (Å²) >= 11 is 0. The van der Waals surface area contributed by atoms with Crippen LogP contribution in [0, 0.1) is 0 Å². The van der Waals surface area contributed by atoms with Crippen molar-refractivity contribution in [2.24, 2.45) is 0 Å². The van der Waals surface area contributed by atoms with Crippen molar-refractivity contribution in [3.63, 3.8) is 0 Å². The lowest BCUT2D eigenvalue weighted by Crippen LogP contribution is -2.36. The molecule has 1 aromatic carbocycles. The molecule has 122 valence electrons. The number of nitrogens with zero attached hydrogens (tertiary/aromatic N) is 1. The Bertz CT molecular complexity index is 494. The zero-order valence-electron chi connectivity index (χ0n) is 14.1. The van der Waals surface area contributed by atoms with Gasteiger partial charge in [0.1, 0.15) is 5.60 Å². The highest BCUT2D eigenvalue weighted by molar-refractivity contribution is 5.77. The Labute approximate surface area is 132 Å². The van der Waals surface area contributed by atoms with Crippen LogP contribution in [0.1, 0.15) is 45.7 Å². The van der Waals surface area contributed by atoms with E-state index in [-0.39, 0.29) is 24.9 Å². The third-order valence-corrected chi connectivity index (χ3v) is 3.26. The summed E-state index contributed by atoms with van der Waals surface area (Å²) in [5, 5.41) is 2.60. The molecule has 2 amide bonds. The van der Waals surface area contributed by atoms with E-state index >= 15 is 0 Å². The second-order valence-electron chi connectivity index (χ2n) is 6.27. The lowest BCUT2D eigenvalue weighted by atomic mass is 10.1. The van der Waals surface area contributed by atoms with Gasteiger partial charge >= 0.3 is 6.09 Å². The van der Waals surface area contributed by atoms with Gasteiger partial charge in [0.25, 0.3) is 0 Å². The SMILES string of the molecule is CC(c1ccccc1)N(C)C(=O)CCNC(=O)OC(C)(C)C. The third kappa shape index (κ3) is 6.16. The van der Waals surface area contributed by atoms with Gasteiger partial charge in [0.2, 0.25) is 5.91 Å². The maximum absolute atomic E-state index is 12.2. The first kappa shape index (κ1) is 18.0. The van der Waals surface area contributed by atoms with Gasteiger partial charge in [-0.25, -0.2) is 4.79 Å². The zero-order chi connectivity index (χ0) is 16.8. The van der Waals surface area contributed by atoms with Gasteiger partial charge in [-0.1, -0.05) is 30.3 Å². The molecule has 1 unspecified atom stereocenters. The summed E-state index contributed by atoms with van der Waals surface area (Å²) in [5.74, 6) is -0.0209. The number of benzene rings is 1. The van der Waals surface area contributed by atoms with Gasteiger partial charge in [0.05, 0.1) is 6.04 Å². The Morgan fingerprint density at radius 1 is 1.23 bits per heavy atom. The Morgan fingerprint density at radius 3 is 2.36 bits per heavy atom. The maximum atomic E-state index is 12.2. The molecule has 0 saturated carbocycles. The van der Waals surface area contributed by atoms with Crippen molar-refractivity contribution in [3.8, 4) is 0 Å². The number of carbonyl (C=O) groups excluding carboxylic acids is 2. The van der Waals surface area contributed by atoms with Crippen LogP contribution in [0.3, 0.4) is 0 Å². The molecule has 1 aromatic rings. The second kappa shape index (κ2) is 7.82. The van der Waals surface area contributed by atoms with E-state index in [0.717, 1.165) is 5.56 Å². The minimum atomic E-state index is -0.535. The molecule has 1 atom stereocenters. The fraction of sp³-hybridized carbons (Fsp3) is 0.529. The minimum Gasteiger partial charge on any atom is -0.444 e. The third-order valence-electron chi connectivity index (χ3n) is 3.26. The first-order chi connectivity index (χ1) is 10.2. The summed E-state index contributed by atoms with van der Waals surface area (Å²) in [6.07, 6.45) is -0.258. The normalized spacial score (nSPS) is 12.4. The molecule has 1 rings (SSSR count). The van der Waals surface area contributed by atoms with Crippen LogP contribution in [-0.2, 0) is 9.53 Å². The van der Waals surface area contributed by atoms with Crippen molar-refractivity contribution in [1.82, 2.24) is 10.2 Å². The molecule has 0 aliphatic carbocycles. The molecule has 0 aliphatic rings. The molecule has 0 aliphatic heterocycles. The molecule has 0 fully saturated rings.